The summed E-state index contributed by atoms with van der Waals surface area (Å²) in [6.45, 7) is 0.872. The number of halogens is 3. The summed E-state index contributed by atoms with van der Waals surface area (Å²) < 4.78 is 37.5. The zero-order chi connectivity index (χ0) is 20.0. The summed E-state index contributed by atoms with van der Waals surface area (Å²) in [5.41, 5.74) is -0.0625. The van der Waals surface area contributed by atoms with Gasteiger partial charge in [-0.25, -0.2) is 9.78 Å². The van der Waals surface area contributed by atoms with Gasteiger partial charge in [0, 0.05) is 24.7 Å². The Labute approximate surface area is 160 Å². The third-order valence-corrected chi connectivity index (χ3v) is 4.07. The van der Waals surface area contributed by atoms with Gasteiger partial charge in [0.25, 0.3) is 0 Å². The first-order chi connectivity index (χ1) is 13.4. The lowest BCUT2D eigenvalue weighted by Gasteiger charge is -2.11. The molecule has 0 saturated heterocycles. The molecule has 1 aromatic heterocycles. The van der Waals surface area contributed by atoms with Gasteiger partial charge in [0.2, 0.25) is 0 Å². The highest BCUT2D eigenvalue weighted by molar-refractivity contribution is 6.01. The SMILES string of the molecule is O=C(NCCCNc1ccc(C(F)(F)F)cn1)Nc1cccc2ccccc12. The normalized spacial score (nSPS) is 11.2. The highest BCUT2D eigenvalue weighted by Gasteiger charge is 2.30. The molecule has 2 aromatic carbocycles. The first-order valence-corrected chi connectivity index (χ1v) is 8.73. The minimum atomic E-state index is -4.40. The van der Waals surface area contributed by atoms with Gasteiger partial charge in [0.15, 0.2) is 0 Å². The molecule has 0 atom stereocenters. The van der Waals surface area contributed by atoms with E-state index in [2.05, 4.69) is 20.9 Å². The molecule has 3 aromatic rings. The van der Waals surface area contributed by atoms with Crippen molar-refractivity contribution in [3.05, 3.63) is 66.4 Å². The molecule has 0 aliphatic carbocycles. The molecule has 5 nitrogen and oxygen atoms in total. The monoisotopic (exact) mass is 388 g/mol. The van der Waals surface area contributed by atoms with Crippen LogP contribution in [0.5, 0.6) is 0 Å². The summed E-state index contributed by atoms with van der Waals surface area (Å²) in [7, 11) is 0. The molecule has 0 fully saturated rings. The Morgan fingerprint density at radius 3 is 2.50 bits per heavy atom. The summed E-state index contributed by atoms with van der Waals surface area (Å²) in [6, 6.07) is 15.4. The summed E-state index contributed by atoms with van der Waals surface area (Å²) in [5.74, 6) is 0.355. The summed E-state index contributed by atoms with van der Waals surface area (Å²) in [4.78, 5) is 15.8. The second-order valence-electron chi connectivity index (χ2n) is 6.12. The van der Waals surface area contributed by atoms with Crippen LogP contribution in [0.2, 0.25) is 0 Å². The summed E-state index contributed by atoms with van der Waals surface area (Å²) >= 11 is 0. The van der Waals surface area contributed by atoms with Crippen LogP contribution < -0.4 is 16.0 Å². The molecule has 28 heavy (non-hydrogen) atoms. The van der Waals surface area contributed by atoms with Gasteiger partial charge in [-0.15, -0.1) is 0 Å². The van der Waals surface area contributed by atoms with E-state index in [0.29, 0.717) is 25.3 Å². The molecule has 0 bridgehead atoms. The van der Waals surface area contributed by atoms with E-state index < -0.39 is 11.7 Å². The third-order valence-electron chi connectivity index (χ3n) is 4.07. The van der Waals surface area contributed by atoms with Crippen LogP contribution in [0.25, 0.3) is 10.8 Å². The Morgan fingerprint density at radius 2 is 1.75 bits per heavy atom. The first kappa shape index (κ1) is 19.5. The molecule has 0 aliphatic rings. The number of urea groups is 1. The number of nitrogens with zero attached hydrogens (tertiary/aromatic N) is 1. The second-order valence-corrected chi connectivity index (χ2v) is 6.12. The highest BCUT2D eigenvalue weighted by atomic mass is 19.4. The number of amides is 2. The van der Waals surface area contributed by atoms with Crippen molar-refractivity contribution in [2.45, 2.75) is 12.6 Å². The Morgan fingerprint density at radius 1 is 0.964 bits per heavy atom. The molecule has 3 rings (SSSR count). The van der Waals surface area contributed by atoms with Crippen LogP contribution in [0.1, 0.15) is 12.0 Å². The molecule has 0 spiro atoms. The van der Waals surface area contributed by atoms with Crippen LogP contribution in [0.3, 0.4) is 0 Å². The Bertz CT molecular complexity index is 937. The number of benzene rings is 2. The number of aromatic nitrogens is 1. The van der Waals surface area contributed by atoms with Crippen molar-refractivity contribution < 1.29 is 18.0 Å². The molecule has 2 amide bonds. The predicted octanol–water partition coefficient (Wildman–Crippen LogP) is 4.88. The smallest absolute Gasteiger partial charge is 0.370 e. The van der Waals surface area contributed by atoms with Gasteiger partial charge in [-0.2, -0.15) is 13.2 Å². The van der Waals surface area contributed by atoms with Gasteiger partial charge in [0.1, 0.15) is 5.82 Å². The molecule has 146 valence electrons. The molecular weight excluding hydrogens is 369 g/mol. The van der Waals surface area contributed by atoms with E-state index in [0.717, 1.165) is 28.7 Å². The maximum atomic E-state index is 12.5. The molecule has 8 heteroatoms. The minimum absolute atomic E-state index is 0.316. The lowest BCUT2D eigenvalue weighted by atomic mass is 10.1. The van der Waals surface area contributed by atoms with E-state index in [1.54, 1.807) is 0 Å². The van der Waals surface area contributed by atoms with Crippen LogP contribution >= 0.6 is 0 Å². The fourth-order valence-corrected chi connectivity index (χ4v) is 2.67. The maximum absolute atomic E-state index is 12.5. The minimum Gasteiger partial charge on any atom is -0.370 e. The summed E-state index contributed by atoms with van der Waals surface area (Å²) in [6.07, 6.45) is -3.02. The number of pyridine rings is 1. The van der Waals surface area contributed by atoms with Crippen molar-refractivity contribution in [3.8, 4) is 0 Å². The number of rotatable bonds is 6. The highest BCUT2D eigenvalue weighted by Crippen LogP contribution is 2.28. The van der Waals surface area contributed by atoms with Gasteiger partial charge in [-0.3, -0.25) is 0 Å². The average Bonchev–Trinajstić information content (AvgIpc) is 2.68. The van der Waals surface area contributed by atoms with Gasteiger partial charge in [-0.05, 0) is 30.0 Å². The number of nitrogens with one attached hydrogen (secondary N) is 3. The largest absolute Gasteiger partial charge is 0.417 e. The van der Waals surface area contributed by atoms with E-state index in [4.69, 9.17) is 0 Å². The summed E-state index contributed by atoms with van der Waals surface area (Å²) in [5, 5.41) is 10.5. The van der Waals surface area contributed by atoms with E-state index in [1.165, 1.54) is 6.07 Å². The molecule has 0 radical (unpaired) electrons. The van der Waals surface area contributed by atoms with Gasteiger partial charge in [-0.1, -0.05) is 36.4 Å². The van der Waals surface area contributed by atoms with Crippen LogP contribution in [-0.4, -0.2) is 24.1 Å². The predicted molar refractivity (Wildman–Crippen MR) is 103 cm³/mol. The molecular formula is C20H19F3N4O. The number of fused-ring (bicyclic) bond motifs is 1. The topological polar surface area (TPSA) is 66.0 Å². The third kappa shape index (κ3) is 5.12. The number of anilines is 2. The molecule has 0 aliphatic heterocycles. The Kier molecular flexibility index (Phi) is 5.98. The van der Waals surface area contributed by atoms with E-state index in [9.17, 15) is 18.0 Å². The molecule has 0 unspecified atom stereocenters. The van der Waals surface area contributed by atoms with Crippen molar-refractivity contribution in [3.63, 3.8) is 0 Å². The van der Waals surface area contributed by atoms with Crippen LogP contribution in [-0.2, 0) is 6.18 Å². The zero-order valence-electron chi connectivity index (χ0n) is 14.9. The van der Waals surface area contributed by atoms with E-state index in [1.807, 2.05) is 42.5 Å². The Balaban J connectivity index is 1.41. The van der Waals surface area contributed by atoms with Crippen molar-refractivity contribution >= 4 is 28.3 Å². The number of alkyl halides is 3. The first-order valence-electron chi connectivity index (χ1n) is 8.73. The quantitative estimate of drug-likeness (QED) is 0.528. The second kappa shape index (κ2) is 8.60. The molecule has 1 heterocycles. The van der Waals surface area contributed by atoms with Crippen molar-refractivity contribution in [1.29, 1.82) is 0 Å². The zero-order valence-corrected chi connectivity index (χ0v) is 14.9. The van der Waals surface area contributed by atoms with Crippen molar-refractivity contribution in [1.82, 2.24) is 10.3 Å². The van der Waals surface area contributed by atoms with Crippen molar-refractivity contribution in [2.75, 3.05) is 23.7 Å². The number of hydrogen-bond donors (Lipinski definition) is 3. The number of carbonyl (C=O) groups is 1. The Hall–Kier alpha value is -3.29. The lowest BCUT2D eigenvalue weighted by Crippen LogP contribution is -2.30. The fraction of sp³-hybridized carbons (Fsp3) is 0.200. The van der Waals surface area contributed by atoms with Gasteiger partial charge >= 0.3 is 12.2 Å². The van der Waals surface area contributed by atoms with Gasteiger partial charge < -0.3 is 16.0 Å². The van der Waals surface area contributed by atoms with E-state index in [-0.39, 0.29) is 6.03 Å². The average molecular weight is 388 g/mol. The number of carbonyl (C=O) groups excluding carboxylic acids is 1. The lowest BCUT2D eigenvalue weighted by molar-refractivity contribution is -0.137. The van der Waals surface area contributed by atoms with Crippen LogP contribution in [0, 0.1) is 0 Å². The molecule has 0 saturated carbocycles. The fourth-order valence-electron chi connectivity index (χ4n) is 2.67. The molecule has 3 N–H and O–H groups in total. The number of hydrogen-bond acceptors (Lipinski definition) is 3. The maximum Gasteiger partial charge on any atom is 0.417 e. The van der Waals surface area contributed by atoms with Crippen LogP contribution in [0.4, 0.5) is 29.5 Å². The standard InChI is InChI=1S/C20H19F3N4O/c21-20(22,23)15-9-10-18(26-13-15)24-11-4-12-25-19(28)27-17-8-3-6-14-5-1-2-7-16(14)17/h1-3,5-10,13H,4,11-12H2,(H,24,26)(H2,25,27,28). The van der Waals surface area contributed by atoms with Gasteiger partial charge in [0.05, 0.1) is 11.3 Å². The van der Waals surface area contributed by atoms with Crippen LogP contribution in [0.15, 0.2) is 60.8 Å². The van der Waals surface area contributed by atoms with E-state index >= 15 is 0 Å². The van der Waals surface area contributed by atoms with Crippen molar-refractivity contribution in [2.24, 2.45) is 0 Å².